The van der Waals surface area contributed by atoms with Gasteiger partial charge in [-0.3, -0.25) is 19.3 Å². The molecule has 0 aliphatic carbocycles. The van der Waals surface area contributed by atoms with E-state index in [1.807, 2.05) is 38.1 Å². The highest BCUT2D eigenvalue weighted by Gasteiger charge is 2.51. The van der Waals surface area contributed by atoms with Gasteiger partial charge in [-0.2, -0.15) is 0 Å². The highest BCUT2D eigenvalue weighted by atomic mass is 79.9. The molecule has 0 spiro atoms. The third kappa shape index (κ3) is 5.66. The number of carbonyl (C=O) groups is 3. The number of nitrogens with zero attached hydrogens (tertiary/aromatic N) is 2. The van der Waals surface area contributed by atoms with Gasteiger partial charge in [-0.05, 0) is 54.8 Å². The molecule has 2 aliphatic rings. The molecular weight excluding hydrogens is 512 g/mol. The van der Waals surface area contributed by atoms with E-state index in [0.717, 1.165) is 35.1 Å². The van der Waals surface area contributed by atoms with Gasteiger partial charge < -0.3 is 14.4 Å². The van der Waals surface area contributed by atoms with Crippen LogP contribution < -0.4 is 4.74 Å². The molecule has 7 nitrogen and oxygen atoms in total. The van der Waals surface area contributed by atoms with Crippen LogP contribution in [0.1, 0.15) is 40.9 Å². The summed E-state index contributed by atoms with van der Waals surface area (Å²) in [6, 6.07) is 12.0. The molecule has 0 saturated carbocycles. The molecule has 0 N–H and O–H groups in total. The summed E-state index contributed by atoms with van der Waals surface area (Å²) in [4.78, 5) is 43.9. The maximum atomic E-state index is 13.7. The lowest BCUT2D eigenvalue weighted by Gasteiger charge is -2.31. The van der Waals surface area contributed by atoms with Crippen molar-refractivity contribution in [3.8, 4) is 5.75 Å². The Balaban J connectivity index is 1.63. The number of ether oxygens (including phenoxy) is 2. The summed E-state index contributed by atoms with van der Waals surface area (Å²) in [5.74, 6) is -1.95. The summed E-state index contributed by atoms with van der Waals surface area (Å²) in [6.45, 7) is 8.38. The molecular formula is C27H31BrN2O5. The smallest absolute Gasteiger partial charge is 0.291 e. The van der Waals surface area contributed by atoms with Gasteiger partial charge in [-0.25, -0.2) is 0 Å². The summed E-state index contributed by atoms with van der Waals surface area (Å²) in [5, 5.41) is 0. The predicted molar refractivity (Wildman–Crippen MR) is 136 cm³/mol. The topological polar surface area (TPSA) is 76.2 Å². The molecule has 35 heavy (non-hydrogen) atoms. The zero-order chi connectivity index (χ0) is 24.9. The van der Waals surface area contributed by atoms with Crippen LogP contribution in [-0.2, 0) is 14.3 Å². The van der Waals surface area contributed by atoms with Gasteiger partial charge in [0.2, 0.25) is 5.78 Å². The molecule has 2 fully saturated rings. The highest BCUT2D eigenvalue weighted by molar-refractivity contribution is 9.10. The van der Waals surface area contributed by atoms with Crippen molar-refractivity contribution >= 4 is 33.4 Å². The van der Waals surface area contributed by atoms with Crippen molar-refractivity contribution in [3.63, 3.8) is 0 Å². The van der Waals surface area contributed by atoms with Crippen molar-refractivity contribution < 1.29 is 23.9 Å². The summed E-state index contributed by atoms with van der Waals surface area (Å²) < 4.78 is 12.0. The first kappa shape index (κ1) is 25.5. The second kappa shape index (κ2) is 11.5. The second-order valence-electron chi connectivity index (χ2n) is 8.98. The number of halogens is 1. The highest BCUT2D eigenvalue weighted by Crippen LogP contribution is 2.39. The first-order valence-corrected chi connectivity index (χ1v) is 12.9. The van der Waals surface area contributed by atoms with E-state index in [1.165, 1.54) is 0 Å². The standard InChI is InChI=1S/C27H31BrN2O5/c1-3-14-35-22-9-6-20(17-18(22)2)25(31)23-24(19-4-7-21(28)8-5-19)30(27(33)26(23)32)11-10-29-12-15-34-16-13-29/h4-9,17,23-24H,3,10-16H2,1-2H3. The number of rotatable bonds is 9. The molecule has 2 atom stereocenters. The molecule has 2 aliphatic heterocycles. The lowest BCUT2D eigenvalue weighted by atomic mass is 9.86. The number of hydrogen-bond acceptors (Lipinski definition) is 6. The molecule has 8 heteroatoms. The number of likely N-dealkylation sites (tertiary alicyclic amines) is 1. The number of carbonyl (C=O) groups excluding carboxylic acids is 3. The van der Waals surface area contributed by atoms with Crippen LogP contribution >= 0.6 is 15.9 Å². The quantitative estimate of drug-likeness (QED) is 0.272. The monoisotopic (exact) mass is 542 g/mol. The van der Waals surface area contributed by atoms with Gasteiger partial charge in [0.1, 0.15) is 11.7 Å². The van der Waals surface area contributed by atoms with E-state index in [0.29, 0.717) is 44.2 Å². The van der Waals surface area contributed by atoms with E-state index in [-0.39, 0.29) is 5.78 Å². The number of Topliss-reactive ketones (excluding diaryl/α,β-unsaturated/α-hetero) is 2. The average molecular weight is 543 g/mol. The SMILES string of the molecule is CCCOc1ccc(C(=O)C2C(=O)C(=O)N(CCN3CCOCC3)C2c2ccc(Br)cc2)cc1C. The largest absolute Gasteiger partial charge is 0.493 e. The Labute approximate surface area is 214 Å². The third-order valence-corrected chi connectivity index (χ3v) is 7.11. The minimum absolute atomic E-state index is 0.338. The summed E-state index contributed by atoms with van der Waals surface area (Å²) in [6.07, 6.45) is 0.883. The summed E-state index contributed by atoms with van der Waals surface area (Å²) >= 11 is 3.44. The van der Waals surface area contributed by atoms with Crippen LogP contribution in [0.3, 0.4) is 0 Å². The Hall–Kier alpha value is -2.55. The molecule has 4 rings (SSSR count). The Bertz CT molecular complexity index is 1080. The van der Waals surface area contributed by atoms with E-state index < -0.39 is 23.7 Å². The van der Waals surface area contributed by atoms with E-state index in [1.54, 1.807) is 23.1 Å². The van der Waals surface area contributed by atoms with Crippen LogP contribution in [0.5, 0.6) is 5.75 Å². The molecule has 2 aromatic rings. The summed E-state index contributed by atoms with van der Waals surface area (Å²) in [5.41, 5.74) is 2.01. The fourth-order valence-electron chi connectivity index (χ4n) is 4.69. The fraction of sp³-hybridized carbons (Fsp3) is 0.444. The number of hydrogen-bond donors (Lipinski definition) is 0. The molecule has 1 amide bonds. The Morgan fingerprint density at radius 1 is 1.09 bits per heavy atom. The van der Waals surface area contributed by atoms with Crippen molar-refractivity contribution in [1.82, 2.24) is 9.80 Å². The second-order valence-corrected chi connectivity index (χ2v) is 9.90. The van der Waals surface area contributed by atoms with Crippen molar-refractivity contribution in [3.05, 3.63) is 63.6 Å². The minimum atomic E-state index is -1.09. The van der Waals surface area contributed by atoms with Gasteiger partial charge in [0, 0.05) is 36.2 Å². The first-order chi connectivity index (χ1) is 16.9. The molecule has 2 saturated heterocycles. The van der Waals surface area contributed by atoms with Crippen LogP contribution in [0.2, 0.25) is 0 Å². The molecule has 2 heterocycles. The van der Waals surface area contributed by atoms with Crippen LogP contribution in [0.4, 0.5) is 0 Å². The number of aryl methyl sites for hydroxylation is 1. The molecule has 2 aromatic carbocycles. The maximum Gasteiger partial charge on any atom is 0.291 e. The van der Waals surface area contributed by atoms with Crippen molar-refractivity contribution in [1.29, 1.82) is 0 Å². The predicted octanol–water partition coefficient (Wildman–Crippen LogP) is 3.83. The maximum absolute atomic E-state index is 13.7. The number of amides is 1. The van der Waals surface area contributed by atoms with Crippen molar-refractivity contribution in [2.45, 2.75) is 26.3 Å². The van der Waals surface area contributed by atoms with Crippen molar-refractivity contribution in [2.75, 3.05) is 46.0 Å². The molecule has 0 bridgehead atoms. The minimum Gasteiger partial charge on any atom is -0.493 e. The lowest BCUT2D eigenvalue weighted by molar-refractivity contribution is -0.141. The summed E-state index contributed by atoms with van der Waals surface area (Å²) in [7, 11) is 0. The first-order valence-electron chi connectivity index (χ1n) is 12.1. The zero-order valence-electron chi connectivity index (χ0n) is 20.2. The molecule has 0 radical (unpaired) electrons. The zero-order valence-corrected chi connectivity index (χ0v) is 21.8. The van der Waals surface area contributed by atoms with Crippen LogP contribution in [0, 0.1) is 12.8 Å². The number of ketones is 2. The normalized spacial score (nSPS) is 20.9. The van der Waals surface area contributed by atoms with Gasteiger partial charge >= 0.3 is 0 Å². The molecule has 186 valence electrons. The number of benzene rings is 2. The van der Waals surface area contributed by atoms with Crippen molar-refractivity contribution in [2.24, 2.45) is 5.92 Å². The fourth-order valence-corrected chi connectivity index (χ4v) is 4.95. The van der Waals surface area contributed by atoms with E-state index in [2.05, 4.69) is 20.8 Å². The Morgan fingerprint density at radius 2 is 1.80 bits per heavy atom. The van der Waals surface area contributed by atoms with E-state index in [4.69, 9.17) is 9.47 Å². The van der Waals surface area contributed by atoms with E-state index >= 15 is 0 Å². The van der Waals surface area contributed by atoms with Gasteiger partial charge in [-0.15, -0.1) is 0 Å². The van der Waals surface area contributed by atoms with Crippen LogP contribution in [0.15, 0.2) is 46.9 Å². The van der Waals surface area contributed by atoms with Crippen LogP contribution in [-0.4, -0.2) is 73.3 Å². The van der Waals surface area contributed by atoms with Gasteiger partial charge in [0.15, 0.2) is 5.78 Å². The van der Waals surface area contributed by atoms with Gasteiger partial charge in [-0.1, -0.05) is 35.0 Å². The Morgan fingerprint density at radius 3 is 2.46 bits per heavy atom. The lowest BCUT2D eigenvalue weighted by Crippen LogP contribution is -2.42. The Kier molecular flexibility index (Phi) is 8.36. The van der Waals surface area contributed by atoms with E-state index in [9.17, 15) is 14.4 Å². The van der Waals surface area contributed by atoms with Gasteiger partial charge in [0.05, 0.1) is 25.9 Å². The number of morpholine rings is 1. The average Bonchev–Trinajstić information content (AvgIpc) is 3.12. The molecule has 2 unspecified atom stereocenters. The van der Waals surface area contributed by atoms with Gasteiger partial charge in [0.25, 0.3) is 5.91 Å². The van der Waals surface area contributed by atoms with Crippen LogP contribution in [0.25, 0.3) is 0 Å². The molecule has 0 aromatic heterocycles. The third-order valence-electron chi connectivity index (χ3n) is 6.58.